The van der Waals surface area contributed by atoms with Crippen LogP contribution in [0.3, 0.4) is 0 Å². The number of aliphatic imine (C=N–C) groups is 1. The summed E-state index contributed by atoms with van der Waals surface area (Å²) < 4.78 is 10.7. The summed E-state index contributed by atoms with van der Waals surface area (Å²) >= 11 is 0. The Balaban J connectivity index is 2.89. The van der Waals surface area contributed by atoms with Gasteiger partial charge in [-0.15, -0.1) is 0 Å². The van der Waals surface area contributed by atoms with Gasteiger partial charge < -0.3 is 31.6 Å². The van der Waals surface area contributed by atoms with Crippen molar-refractivity contribution in [3.63, 3.8) is 0 Å². The van der Waals surface area contributed by atoms with Crippen molar-refractivity contribution in [3.8, 4) is 0 Å². The highest BCUT2D eigenvalue weighted by molar-refractivity contribution is 5.89. The Morgan fingerprint density at radius 3 is 2.24 bits per heavy atom. The molecule has 0 aliphatic heterocycles. The van der Waals surface area contributed by atoms with Crippen LogP contribution >= 0.6 is 0 Å². The van der Waals surface area contributed by atoms with Gasteiger partial charge in [0.2, 0.25) is 5.91 Å². The zero-order chi connectivity index (χ0) is 25.7. The summed E-state index contributed by atoms with van der Waals surface area (Å²) in [5.74, 6) is -1.02. The van der Waals surface area contributed by atoms with Gasteiger partial charge in [-0.1, -0.05) is 44.2 Å². The Labute approximate surface area is 201 Å². The first kappa shape index (κ1) is 28.7. The maximum atomic E-state index is 13.1. The Kier molecular flexibility index (Phi) is 11.9. The minimum atomic E-state index is -0.930. The van der Waals surface area contributed by atoms with E-state index in [0.29, 0.717) is 19.4 Å². The van der Waals surface area contributed by atoms with Gasteiger partial charge >= 0.3 is 12.1 Å². The number of nitrogens with two attached hydrogens (primary N) is 2. The number of hydrogen-bond acceptors (Lipinski definition) is 6. The van der Waals surface area contributed by atoms with Crippen molar-refractivity contribution in [2.24, 2.45) is 22.4 Å². The molecule has 0 saturated heterocycles. The highest BCUT2D eigenvalue weighted by Gasteiger charge is 2.29. The lowest BCUT2D eigenvalue weighted by Crippen LogP contribution is -2.53. The maximum Gasteiger partial charge on any atom is 0.408 e. The van der Waals surface area contributed by atoms with Crippen molar-refractivity contribution < 1.29 is 23.9 Å². The van der Waals surface area contributed by atoms with Crippen molar-refractivity contribution in [2.45, 2.75) is 78.2 Å². The number of carbonyl (C=O) groups excluding carboxylic acids is 3. The van der Waals surface area contributed by atoms with Gasteiger partial charge in [0.25, 0.3) is 0 Å². The largest absolute Gasteiger partial charge is 0.459 e. The van der Waals surface area contributed by atoms with Gasteiger partial charge in [0, 0.05) is 6.54 Å². The first-order valence-electron chi connectivity index (χ1n) is 11.4. The molecule has 0 radical (unpaired) electrons. The average Bonchev–Trinajstić information content (AvgIpc) is 2.72. The average molecular weight is 478 g/mol. The summed E-state index contributed by atoms with van der Waals surface area (Å²) in [6.07, 6.45) is 0.365. The molecule has 0 saturated carbocycles. The van der Waals surface area contributed by atoms with E-state index >= 15 is 0 Å². The van der Waals surface area contributed by atoms with Crippen LogP contribution in [0.5, 0.6) is 0 Å². The van der Waals surface area contributed by atoms with E-state index in [1.807, 2.05) is 44.2 Å². The van der Waals surface area contributed by atoms with Crippen LogP contribution in [0.2, 0.25) is 0 Å². The van der Waals surface area contributed by atoms with Crippen LogP contribution in [-0.2, 0) is 25.7 Å². The molecular formula is C24H39N5O5. The van der Waals surface area contributed by atoms with Crippen molar-refractivity contribution in [2.75, 3.05) is 6.54 Å². The van der Waals surface area contributed by atoms with Gasteiger partial charge in [-0.3, -0.25) is 9.79 Å². The molecule has 0 fully saturated rings. The van der Waals surface area contributed by atoms with Crippen LogP contribution in [-0.4, -0.2) is 48.2 Å². The number of guanidine groups is 1. The third-order valence-electron chi connectivity index (χ3n) is 4.48. The lowest BCUT2D eigenvalue weighted by Gasteiger charge is -2.25. The molecule has 0 aliphatic rings. The lowest BCUT2D eigenvalue weighted by molar-refractivity contribution is -0.149. The Hall–Kier alpha value is -3.30. The number of nitrogens with one attached hydrogen (secondary N) is 2. The number of carbonyl (C=O) groups is 3. The van der Waals surface area contributed by atoms with Gasteiger partial charge in [-0.25, -0.2) is 9.59 Å². The van der Waals surface area contributed by atoms with Crippen LogP contribution in [0.15, 0.2) is 35.3 Å². The summed E-state index contributed by atoms with van der Waals surface area (Å²) in [6.45, 7) is 9.44. The SMILES string of the molecule is CC(C)C[C@H](NC(=O)OC(C)(C)C)C(=O)N[C@@H](CCCN=C(N)N)C(=O)OCc1ccccc1. The summed E-state index contributed by atoms with van der Waals surface area (Å²) in [6, 6.07) is 7.42. The lowest BCUT2D eigenvalue weighted by atomic mass is 10.0. The molecule has 10 nitrogen and oxygen atoms in total. The predicted octanol–water partition coefficient (Wildman–Crippen LogP) is 2.21. The predicted molar refractivity (Wildman–Crippen MR) is 131 cm³/mol. The Bertz CT molecular complexity index is 817. The van der Waals surface area contributed by atoms with Crippen molar-refractivity contribution in [1.82, 2.24) is 10.6 Å². The number of ether oxygens (including phenoxy) is 2. The molecule has 0 spiro atoms. The second kappa shape index (κ2) is 14.1. The van der Waals surface area contributed by atoms with E-state index in [2.05, 4.69) is 15.6 Å². The summed E-state index contributed by atoms with van der Waals surface area (Å²) in [5, 5.41) is 5.33. The fraction of sp³-hybridized carbons (Fsp3) is 0.583. The van der Waals surface area contributed by atoms with Gasteiger partial charge in [0.05, 0.1) is 0 Å². The molecule has 0 heterocycles. The van der Waals surface area contributed by atoms with Gasteiger partial charge in [0.1, 0.15) is 24.3 Å². The highest BCUT2D eigenvalue weighted by Crippen LogP contribution is 2.11. The summed E-state index contributed by atoms with van der Waals surface area (Å²) in [5.41, 5.74) is 10.8. The van der Waals surface area contributed by atoms with Crippen LogP contribution in [0, 0.1) is 5.92 Å². The first-order chi connectivity index (χ1) is 15.9. The molecule has 2 amide bonds. The second-order valence-electron chi connectivity index (χ2n) is 9.43. The molecule has 1 aromatic rings. The molecule has 10 heteroatoms. The summed E-state index contributed by atoms with van der Waals surface area (Å²) in [4.78, 5) is 42.0. The highest BCUT2D eigenvalue weighted by atomic mass is 16.6. The number of amides is 2. The van der Waals surface area contributed by atoms with E-state index in [-0.39, 0.29) is 24.9 Å². The quantitative estimate of drug-likeness (QED) is 0.155. The minimum absolute atomic E-state index is 0.0502. The maximum absolute atomic E-state index is 13.1. The van der Waals surface area contributed by atoms with E-state index < -0.39 is 35.7 Å². The zero-order valence-corrected chi connectivity index (χ0v) is 20.8. The third kappa shape index (κ3) is 12.7. The Morgan fingerprint density at radius 1 is 1.03 bits per heavy atom. The van der Waals surface area contributed by atoms with Crippen LogP contribution in [0.4, 0.5) is 4.79 Å². The molecule has 190 valence electrons. The number of hydrogen-bond donors (Lipinski definition) is 4. The minimum Gasteiger partial charge on any atom is -0.459 e. The molecule has 1 aromatic carbocycles. The monoisotopic (exact) mass is 477 g/mol. The van der Waals surface area contributed by atoms with E-state index in [4.69, 9.17) is 20.9 Å². The topological polar surface area (TPSA) is 158 Å². The van der Waals surface area contributed by atoms with E-state index in [0.717, 1.165) is 5.56 Å². The molecule has 6 N–H and O–H groups in total. The van der Waals surface area contributed by atoms with Gasteiger partial charge in [-0.2, -0.15) is 0 Å². The molecular weight excluding hydrogens is 438 g/mol. The van der Waals surface area contributed by atoms with Crippen LogP contribution < -0.4 is 22.1 Å². The number of alkyl carbamates (subject to hydrolysis) is 1. The first-order valence-corrected chi connectivity index (χ1v) is 11.4. The van der Waals surface area contributed by atoms with E-state index in [1.54, 1.807) is 20.8 Å². The van der Waals surface area contributed by atoms with Crippen molar-refractivity contribution in [1.29, 1.82) is 0 Å². The number of benzene rings is 1. The van der Waals surface area contributed by atoms with Gasteiger partial charge in [-0.05, 0) is 51.5 Å². The number of nitrogens with zero attached hydrogens (tertiary/aromatic N) is 1. The summed E-state index contributed by atoms with van der Waals surface area (Å²) in [7, 11) is 0. The molecule has 0 aromatic heterocycles. The normalized spacial score (nSPS) is 12.9. The smallest absolute Gasteiger partial charge is 0.408 e. The fourth-order valence-electron chi connectivity index (χ4n) is 3.01. The standard InChI is InChI=1S/C24H39N5O5/c1-16(2)14-19(29-23(32)34-24(3,4)5)20(30)28-18(12-9-13-27-22(25)26)21(31)33-15-17-10-7-6-8-11-17/h6-8,10-11,16,18-19H,9,12-15H2,1-5H3,(H,28,30)(H,29,32)(H4,25,26,27)/t18-,19-/m0/s1. The fourth-order valence-corrected chi connectivity index (χ4v) is 3.01. The second-order valence-corrected chi connectivity index (χ2v) is 9.43. The molecule has 0 unspecified atom stereocenters. The molecule has 34 heavy (non-hydrogen) atoms. The number of rotatable bonds is 12. The molecule has 2 atom stereocenters. The Morgan fingerprint density at radius 2 is 1.68 bits per heavy atom. The van der Waals surface area contributed by atoms with Crippen molar-refractivity contribution >= 4 is 23.9 Å². The zero-order valence-electron chi connectivity index (χ0n) is 20.8. The molecule has 0 bridgehead atoms. The van der Waals surface area contributed by atoms with E-state index in [9.17, 15) is 14.4 Å². The molecule has 0 aliphatic carbocycles. The third-order valence-corrected chi connectivity index (χ3v) is 4.48. The van der Waals surface area contributed by atoms with Crippen LogP contribution in [0.25, 0.3) is 0 Å². The van der Waals surface area contributed by atoms with Crippen molar-refractivity contribution in [3.05, 3.63) is 35.9 Å². The molecule has 1 rings (SSSR count). The number of esters is 1. The van der Waals surface area contributed by atoms with E-state index in [1.165, 1.54) is 0 Å². The van der Waals surface area contributed by atoms with Crippen LogP contribution in [0.1, 0.15) is 59.4 Å². The van der Waals surface area contributed by atoms with Gasteiger partial charge in [0.15, 0.2) is 5.96 Å².